The van der Waals surface area contributed by atoms with Crippen LogP contribution in [0.1, 0.15) is 47.8 Å². The maximum Gasteiger partial charge on any atom is 0.291 e. The summed E-state index contributed by atoms with van der Waals surface area (Å²) in [5.74, 6) is 0.664. The summed E-state index contributed by atoms with van der Waals surface area (Å²) in [6, 6.07) is 10.2. The van der Waals surface area contributed by atoms with Gasteiger partial charge in [-0.2, -0.15) is 5.10 Å². The zero-order chi connectivity index (χ0) is 18.6. The number of carbonyl (C=O) groups excluding carboxylic acids is 2. The van der Waals surface area contributed by atoms with Crippen LogP contribution in [0.3, 0.4) is 0 Å². The number of piperazine rings is 1. The zero-order valence-corrected chi connectivity index (χ0v) is 15.4. The second-order valence-corrected chi connectivity index (χ2v) is 7.38. The van der Waals surface area contributed by atoms with Crippen LogP contribution in [0.5, 0.6) is 0 Å². The third-order valence-electron chi connectivity index (χ3n) is 5.79. The minimum Gasteiger partial charge on any atom is -0.339 e. The Morgan fingerprint density at radius 2 is 1.67 bits per heavy atom. The molecule has 1 aromatic carbocycles. The lowest BCUT2D eigenvalue weighted by Crippen LogP contribution is -2.52. The molecule has 1 aliphatic heterocycles. The third-order valence-corrected chi connectivity index (χ3v) is 5.79. The molecular weight excluding hydrogens is 342 g/mol. The predicted molar refractivity (Wildman–Crippen MR) is 100 cm³/mol. The standard InChI is InChI=1S/C20H25N5O2/c26-19(17(16-8-4-5-9-16)15-6-2-1-3-7-15)24-10-12-25(13-11-24)20(27)18-21-14-22-23-18/h1-3,6-7,14,16-17H,4-5,8-13H2,(H,21,22,23)/t17-/m1/s1. The second kappa shape index (κ2) is 7.90. The van der Waals surface area contributed by atoms with Gasteiger partial charge in [-0.1, -0.05) is 43.2 Å². The molecule has 2 fully saturated rings. The Balaban J connectivity index is 1.44. The van der Waals surface area contributed by atoms with Crippen molar-refractivity contribution >= 4 is 11.8 Å². The van der Waals surface area contributed by atoms with Gasteiger partial charge in [0.15, 0.2) is 0 Å². The molecule has 0 radical (unpaired) electrons. The molecule has 2 aliphatic rings. The number of hydrogen-bond donors (Lipinski definition) is 1. The van der Waals surface area contributed by atoms with Gasteiger partial charge in [0.05, 0.1) is 5.92 Å². The molecule has 0 spiro atoms. The average molecular weight is 367 g/mol. The van der Waals surface area contributed by atoms with Crippen LogP contribution >= 0.6 is 0 Å². The third kappa shape index (κ3) is 3.72. The lowest BCUT2D eigenvalue weighted by molar-refractivity contribution is -0.135. The van der Waals surface area contributed by atoms with Gasteiger partial charge in [-0.3, -0.25) is 14.7 Å². The van der Waals surface area contributed by atoms with Crippen molar-refractivity contribution in [3.05, 3.63) is 48.0 Å². The smallest absolute Gasteiger partial charge is 0.291 e. The first-order valence-corrected chi connectivity index (χ1v) is 9.72. The summed E-state index contributed by atoms with van der Waals surface area (Å²) in [6.07, 6.45) is 5.99. The fraction of sp³-hybridized carbons (Fsp3) is 0.500. The van der Waals surface area contributed by atoms with Crippen molar-refractivity contribution in [3.8, 4) is 0 Å². The van der Waals surface area contributed by atoms with E-state index in [9.17, 15) is 9.59 Å². The van der Waals surface area contributed by atoms with Crippen molar-refractivity contribution in [1.82, 2.24) is 25.0 Å². The molecule has 2 aromatic rings. The number of amides is 2. The topological polar surface area (TPSA) is 82.2 Å². The van der Waals surface area contributed by atoms with E-state index >= 15 is 0 Å². The summed E-state index contributed by atoms with van der Waals surface area (Å²) in [7, 11) is 0. The zero-order valence-electron chi connectivity index (χ0n) is 15.4. The van der Waals surface area contributed by atoms with Gasteiger partial charge in [-0.05, 0) is 24.3 Å². The Kier molecular flexibility index (Phi) is 5.18. The van der Waals surface area contributed by atoms with Crippen LogP contribution < -0.4 is 0 Å². The van der Waals surface area contributed by atoms with Crippen LogP contribution in [0.2, 0.25) is 0 Å². The van der Waals surface area contributed by atoms with Crippen molar-refractivity contribution in [1.29, 1.82) is 0 Å². The van der Waals surface area contributed by atoms with E-state index < -0.39 is 0 Å². The quantitative estimate of drug-likeness (QED) is 0.897. The van der Waals surface area contributed by atoms with E-state index in [0.29, 0.717) is 32.1 Å². The normalized spacial score (nSPS) is 19.3. The van der Waals surface area contributed by atoms with E-state index in [0.717, 1.165) is 18.4 Å². The highest BCUT2D eigenvalue weighted by Crippen LogP contribution is 2.38. The Hall–Kier alpha value is -2.70. The molecule has 1 N–H and O–H groups in total. The number of benzene rings is 1. The molecule has 7 heteroatoms. The lowest BCUT2D eigenvalue weighted by Gasteiger charge is -2.37. The first-order valence-electron chi connectivity index (χ1n) is 9.72. The molecule has 1 aliphatic carbocycles. The highest BCUT2D eigenvalue weighted by Gasteiger charge is 2.36. The number of nitrogens with zero attached hydrogens (tertiary/aromatic N) is 4. The van der Waals surface area contributed by atoms with Crippen molar-refractivity contribution in [3.63, 3.8) is 0 Å². The van der Waals surface area contributed by atoms with Crippen molar-refractivity contribution < 1.29 is 9.59 Å². The first-order chi connectivity index (χ1) is 13.2. The molecule has 2 amide bonds. The summed E-state index contributed by atoms with van der Waals surface area (Å²) >= 11 is 0. The molecule has 0 unspecified atom stereocenters. The van der Waals surface area contributed by atoms with Crippen LogP contribution in [0.25, 0.3) is 0 Å². The molecule has 1 aromatic heterocycles. The Labute approximate surface area is 158 Å². The number of nitrogens with one attached hydrogen (secondary N) is 1. The van der Waals surface area contributed by atoms with Crippen LogP contribution in [0.4, 0.5) is 0 Å². The molecule has 4 rings (SSSR count). The number of aromatic nitrogens is 3. The van der Waals surface area contributed by atoms with Crippen LogP contribution in [-0.4, -0.2) is 63.0 Å². The molecule has 1 saturated carbocycles. The minimum atomic E-state index is -0.157. The maximum absolute atomic E-state index is 13.4. The van der Waals surface area contributed by atoms with Crippen LogP contribution in [0, 0.1) is 5.92 Å². The SMILES string of the molecule is O=C(c1ncn[nH]1)N1CCN(C(=O)[C@H](c2ccccc2)C2CCCC2)CC1. The van der Waals surface area contributed by atoms with Gasteiger partial charge >= 0.3 is 0 Å². The molecule has 7 nitrogen and oxygen atoms in total. The minimum absolute atomic E-state index is 0.0646. The number of rotatable bonds is 4. The molecular formula is C20H25N5O2. The van der Waals surface area contributed by atoms with Gasteiger partial charge in [-0.15, -0.1) is 0 Å². The Bertz CT molecular complexity index is 763. The van der Waals surface area contributed by atoms with E-state index in [1.165, 1.54) is 19.2 Å². The molecule has 1 atom stereocenters. The number of aromatic amines is 1. The van der Waals surface area contributed by atoms with Gasteiger partial charge in [0, 0.05) is 26.2 Å². The van der Waals surface area contributed by atoms with E-state index in [-0.39, 0.29) is 23.6 Å². The number of hydrogen-bond acceptors (Lipinski definition) is 4. The fourth-order valence-corrected chi connectivity index (χ4v) is 4.35. The summed E-state index contributed by atoms with van der Waals surface area (Å²) < 4.78 is 0. The predicted octanol–water partition coefficient (Wildman–Crippen LogP) is 2.06. The summed E-state index contributed by atoms with van der Waals surface area (Å²) in [5.41, 5.74) is 1.12. The molecule has 1 saturated heterocycles. The van der Waals surface area contributed by atoms with E-state index in [1.54, 1.807) is 4.90 Å². The van der Waals surface area contributed by atoms with Gasteiger partial charge in [0.1, 0.15) is 6.33 Å². The fourth-order valence-electron chi connectivity index (χ4n) is 4.35. The van der Waals surface area contributed by atoms with Crippen molar-refractivity contribution in [2.24, 2.45) is 5.92 Å². The number of carbonyl (C=O) groups is 2. The van der Waals surface area contributed by atoms with Crippen LogP contribution in [-0.2, 0) is 4.79 Å². The molecule has 27 heavy (non-hydrogen) atoms. The summed E-state index contributed by atoms with van der Waals surface area (Å²) in [4.78, 5) is 33.4. The second-order valence-electron chi connectivity index (χ2n) is 7.38. The van der Waals surface area contributed by atoms with Gasteiger partial charge in [0.25, 0.3) is 5.91 Å². The number of H-pyrrole nitrogens is 1. The van der Waals surface area contributed by atoms with E-state index in [4.69, 9.17) is 0 Å². The van der Waals surface area contributed by atoms with E-state index in [2.05, 4.69) is 27.3 Å². The average Bonchev–Trinajstić information content (AvgIpc) is 3.43. The Morgan fingerprint density at radius 1 is 1.00 bits per heavy atom. The highest BCUT2D eigenvalue weighted by atomic mass is 16.2. The summed E-state index contributed by atoms with van der Waals surface area (Å²) in [5, 5.41) is 6.35. The maximum atomic E-state index is 13.4. The molecule has 2 heterocycles. The highest BCUT2D eigenvalue weighted by molar-refractivity contribution is 5.90. The van der Waals surface area contributed by atoms with Gasteiger partial charge < -0.3 is 9.80 Å². The van der Waals surface area contributed by atoms with Crippen molar-refractivity contribution in [2.75, 3.05) is 26.2 Å². The van der Waals surface area contributed by atoms with Crippen LogP contribution in [0.15, 0.2) is 36.7 Å². The van der Waals surface area contributed by atoms with Gasteiger partial charge in [0.2, 0.25) is 11.7 Å². The van der Waals surface area contributed by atoms with Crippen molar-refractivity contribution in [2.45, 2.75) is 31.6 Å². The van der Waals surface area contributed by atoms with E-state index in [1.807, 2.05) is 23.1 Å². The first kappa shape index (κ1) is 17.7. The molecule has 142 valence electrons. The Morgan fingerprint density at radius 3 is 2.30 bits per heavy atom. The summed E-state index contributed by atoms with van der Waals surface area (Å²) in [6.45, 7) is 2.18. The molecule has 0 bridgehead atoms. The lowest BCUT2D eigenvalue weighted by atomic mass is 9.83. The monoisotopic (exact) mass is 367 g/mol. The largest absolute Gasteiger partial charge is 0.339 e. The van der Waals surface area contributed by atoms with Gasteiger partial charge in [-0.25, -0.2) is 4.98 Å².